The van der Waals surface area contributed by atoms with Gasteiger partial charge in [-0.05, 0) is 38.3 Å². The van der Waals surface area contributed by atoms with E-state index < -0.39 is 10.0 Å². The Balaban J connectivity index is 1.87. The number of hydrogen-bond acceptors (Lipinski definition) is 5. The number of thiophene rings is 1. The van der Waals surface area contributed by atoms with E-state index in [0.29, 0.717) is 30.0 Å². The first-order valence-corrected chi connectivity index (χ1v) is 9.66. The highest BCUT2D eigenvalue weighted by molar-refractivity contribution is 7.91. The molecule has 1 heterocycles. The third kappa shape index (κ3) is 5.03. The largest absolute Gasteiger partial charge is 0.380 e. The van der Waals surface area contributed by atoms with Gasteiger partial charge in [0.25, 0.3) is 10.0 Å². The molecule has 0 aromatic carbocycles. The van der Waals surface area contributed by atoms with E-state index in [1.54, 1.807) is 13.1 Å². The van der Waals surface area contributed by atoms with Crippen LogP contribution in [0.15, 0.2) is 16.3 Å². The molecule has 0 bridgehead atoms. The third-order valence-electron chi connectivity index (χ3n) is 3.44. The summed E-state index contributed by atoms with van der Waals surface area (Å²) in [5.74, 6) is 0. The summed E-state index contributed by atoms with van der Waals surface area (Å²) >= 11 is 1.37. The Morgan fingerprint density at radius 1 is 1.43 bits per heavy atom. The summed E-state index contributed by atoms with van der Waals surface area (Å²) in [4.78, 5) is 1.11. The SMILES string of the molecule is CCOCCN(C)S(=O)(=O)c1ccc(CCNC2CC2)s1. The molecular weight excluding hydrogens is 308 g/mol. The van der Waals surface area contributed by atoms with Crippen molar-refractivity contribution in [2.75, 3.05) is 33.4 Å². The van der Waals surface area contributed by atoms with Gasteiger partial charge < -0.3 is 10.1 Å². The first-order chi connectivity index (χ1) is 10.0. The Morgan fingerprint density at radius 3 is 2.86 bits per heavy atom. The zero-order valence-corrected chi connectivity index (χ0v) is 14.3. The van der Waals surface area contributed by atoms with E-state index in [1.165, 1.54) is 28.5 Å². The quantitative estimate of drug-likeness (QED) is 0.663. The van der Waals surface area contributed by atoms with Gasteiger partial charge in [0.15, 0.2) is 0 Å². The molecule has 1 aromatic heterocycles. The van der Waals surface area contributed by atoms with Crippen LogP contribution in [0.4, 0.5) is 0 Å². The molecule has 1 aliphatic carbocycles. The lowest BCUT2D eigenvalue weighted by atomic mass is 10.3. The van der Waals surface area contributed by atoms with Crippen molar-refractivity contribution in [3.8, 4) is 0 Å². The van der Waals surface area contributed by atoms with Crippen molar-refractivity contribution in [1.29, 1.82) is 0 Å². The van der Waals surface area contributed by atoms with Crippen LogP contribution in [0.3, 0.4) is 0 Å². The van der Waals surface area contributed by atoms with Crippen LogP contribution in [0.5, 0.6) is 0 Å². The summed E-state index contributed by atoms with van der Waals surface area (Å²) in [5, 5.41) is 3.44. The molecule has 21 heavy (non-hydrogen) atoms. The molecule has 1 saturated carbocycles. The second-order valence-electron chi connectivity index (χ2n) is 5.22. The normalized spacial score (nSPS) is 15.8. The summed E-state index contributed by atoms with van der Waals surface area (Å²) < 4.78 is 31.8. The van der Waals surface area contributed by atoms with E-state index >= 15 is 0 Å². The fourth-order valence-electron chi connectivity index (χ4n) is 1.93. The van der Waals surface area contributed by atoms with Gasteiger partial charge in [-0.1, -0.05) is 0 Å². The smallest absolute Gasteiger partial charge is 0.252 e. The zero-order chi connectivity index (χ0) is 15.3. The van der Waals surface area contributed by atoms with E-state index in [9.17, 15) is 8.42 Å². The number of nitrogens with zero attached hydrogens (tertiary/aromatic N) is 1. The zero-order valence-electron chi connectivity index (χ0n) is 12.7. The van der Waals surface area contributed by atoms with Crippen molar-refractivity contribution in [1.82, 2.24) is 9.62 Å². The number of hydrogen-bond donors (Lipinski definition) is 1. The lowest BCUT2D eigenvalue weighted by molar-refractivity contribution is 0.138. The fraction of sp³-hybridized carbons (Fsp3) is 0.714. The highest BCUT2D eigenvalue weighted by atomic mass is 32.2. The molecular formula is C14H24N2O3S2. The average molecular weight is 332 g/mol. The standard InChI is InChI=1S/C14H24N2O3S2/c1-3-19-11-10-16(2)21(17,18)14-7-6-13(20-14)8-9-15-12-4-5-12/h6-7,12,15H,3-5,8-11H2,1-2H3. The molecule has 1 aromatic rings. The summed E-state index contributed by atoms with van der Waals surface area (Å²) in [5.41, 5.74) is 0. The van der Waals surface area contributed by atoms with Crippen molar-refractivity contribution in [2.24, 2.45) is 0 Å². The minimum Gasteiger partial charge on any atom is -0.380 e. The van der Waals surface area contributed by atoms with Crippen LogP contribution in [0, 0.1) is 0 Å². The first-order valence-electron chi connectivity index (χ1n) is 7.40. The minimum atomic E-state index is -3.38. The van der Waals surface area contributed by atoms with Crippen LogP contribution in [0.25, 0.3) is 0 Å². The predicted molar refractivity (Wildman–Crippen MR) is 85.4 cm³/mol. The molecule has 2 rings (SSSR count). The second-order valence-corrected chi connectivity index (χ2v) is 8.66. The molecule has 0 unspecified atom stereocenters. The van der Waals surface area contributed by atoms with Crippen LogP contribution < -0.4 is 5.32 Å². The Bertz CT molecular complexity index is 538. The highest BCUT2D eigenvalue weighted by Gasteiger charge is 2.23. The van der Waals surface area contributed by atoms with Gasteiger partial charge in [0, 0.05) is 37.7 Å². The maximum Gasteiger partial charge on any atom is 0.252 e. The van der Waals surface area contributed by atoms with Gasteiger partial charge in [-0.15, -0.1) is 11.3 Å². The molecule has 1 fully saturated rings. The van der Waals surface area contributed by atoms with Gasteiger partial charge in [0.05, 0.1) is 6.61 Å². The van der Waals surface area contributed by atoms with Crippen molar-refractivity contribution >= 4 is 21.4 Å². The average Bonchev–Trinajstić information content (AvgIpc) is 3.14. The van der Waals surface area contributed by atoms with E-state index in [0.717, 1.165) is 17.8 Å². The predicted octanol–water partition coefficient (Wildman–Crippen LogP) is 1.70. The number of likely N-dealkylation sites (N-methyl/N-ethyl adjacent to an activating group) is 1. The van der Waals surface area contributed by atoms with Gasteiger partial charge in [-0.25, -0.2) is 8.42 Å². The lowest BCUT2D eigenvalue weighted by Crippen LogP contribution is -2.29. The first kappa shape index (κ1) is 16.9. The molecule has 0 atom stereocenters. The van der Waals surface area contributed by atoms with Gasteiger partial charge >= 0.3 is 0 Å². The minimum absolute atomic E-state index is 0.382. The number of sulfonamides is 1. The van der Waals surface area contributed by atoms with Gasteiger partial charge in [0.2, 0.25) is 0 Å². The van der Waals surface area contributed by atoms with Crippen LogP contribution in [-0.4, -0.2) is 52.1 Å². The molecule has 1 aliphatic rings. The molecule has 5 nitrogen and oxygen atoms in total. The van der Waals surface area contributed by atoms with Crippen molar-refractivity contribution < 1.29 is 13.2 Å². The second kappa shape index (κ2) is 7.69. The summed E-state index contributed by atoms with van der Waals surface area (Å²) in [7, 11) is -1.78. The van der Waals surface area contributed by atoms with Crippen LogP contribution in [0.2, 0.25) is 0 Å². The van der Waals surface area contributed by atoms with E-state index in [-0.39, 0.29) is 0 Å². The fourth-order valence-corrected chi connectivity index (χ4v) is 4.65. The third-order valence-corrected chi connectivity index (χ3v) is 6.91. The van der Waals surface area contributed by atoms with E-state index in [1.807, 2.05) is 13.0 Å². The molecule has 0 saturated heterocycles. The maximum atomic E-state index is 12.4. The maximum absolute atomic E-state index is 12.4. The number of nitrogens with one attached hydrogen (secondary N) is 1. The van der Waals surface area contributed by atoms with Crippen molar-refractivity contribution in [3.63, 3.8) is 0 Å². The monoisotopic (exact) mass is 332 g/mol. The van der Waals surface area contributed by atoms with Crippen LogP contribution in [0.1, 0.15) is 24.6 Å². The van der Waals surface area contributed by atoms with E-state index in [4.69, 9.17) is 4.74 Å². The van der Waals surface area contributed by atoms with Gasteiger partial charge in [0.1, 0.15) is 4.21 Å². The van der Waals surface area contributed by atoms with Crippen molar-refractivity contribution in [3.05, 3.63) is 17.0 Å². The number of ether oxygens (including phenoxy) is 1. The Kier molecular flexibility index (Phi) is 6.19. The molecule has 7 heteroatoms. The summed E-state index contributed by atoms with van der Waals surface area (Å²) in [6, 6.07) is 4.32. The Labute approximate surface area is 131 Å². The molecule has 120 valence electrons. The molecule has 1 N–H and O–H groups in total. The molecule has 0 aliphatic heterocycles. The lowest BCUT2D eigenvalue weighted by Gasteiger charge is -2.15. The van der Waals surface area contributed by atoms with Crippen LogP contribution in [-0.2, 0) is 21.2 Å². The topological polar surface area (TPSA) is 58.6 Å². The van der Waals surface area contributed by atoms with E-state index in [2.05, 4.69) is 5.32 Å². The summed E-state index contributed by atoms with van der Waals surface area (Å²) in [6.07, 6.45) is 3.43. The molecule has 0 radical (unpaired) electrons. The Hall–Kier alpha value is -0.470. The van der Waals surface area contributed by atoms with Crippen molar-refractivity contribution in [2.45, 2.75) is 36.4 Å². The number of rotatable bonds is 10. The van der Waals surface area contributed by atoms with Crippen LogP contribution >= 0.6 is 11.3 Å². The molecule has 0 amide bonds. The summed E-state index contributed by atoms with van der Waals surface area (Å²) in [6.45, 7) is 4.23. The molecule has 0 spiro atoms. The van der Waals surface area contributed by atoms with Gasteiger partial charge in [-0.2, -0.15) is 4.31 Å². The van der Waals surface area contributed by atoms with Gasteiger partial charge in [-0.3, -0.25) is 0 Å². The Morgan fingerprint density at radius 2 is 2.19 bits per heavy atom. The highest BCUT2D eigenvalue weighted by Crippen LogP contribution is 2.25.